The van der Waals surface area contributed by atoms with E-state index in [1.54, 1.807) is 11.1 Å². The molecular formula is C21H22ClN5O3S2. The number of fused-ring (bicyclic) bond motifs is 1. The summed E-state index contributed by atoms with van der Waals surface area (Å²) in [5.74, 6) is 0.347. The molecule has 4 rings (SSSR count). The zero-order valence-corrected chi connectivity index (χ0v) is 19.6. The van der Waals surface area contributed by atoms with Gasteiger partial charge in [-0.1, -0.05) is 17.7 Å². The van der Waals surface area contributed by atoms with Crippen LogP contribution in [0.5, 0.6) is 0 Å². The number of benzene rings is 1. The monoisotopic (exact) mass is 491 g/mol. The van der Waals surface area contributed by atoms with Crippen LogP contribution in [-0.4, -0.2) is 64.6 Å². The van der Waals surface area contributed by atoms with Gasteiger partial charge in [-0.2, -0.15) is 0 Å². The summed E-state index contributed by atoms with van der Waals surface area (Å²) in [6.07, 6.45) is 1.69. The first kappa shape index (κ1) is 22.6. The molecule has 2 aromatic heterocycles. The summed E-state index contributed by atoms with van der Waals surface area (Å²) in [5, 5.41) is 5.19. The quantitative estimate of drug-likeness (QED) is 0.544. The fourth-order valence-electron chi connectivity index (χ4n) is 3.43. The molecule has 168 valence electrons. The second-order valence-electron chi connectivity index (χ2n) is 7.26. The van der Waals surface area contributed by atoms with Crippen LogP contribution >= 0.6 is 34.7 Å². The van der Waals surface area contributed by atoms with Crippen molar-refractivity contribution in [2.45, 2.75) is 5.75 Å². The van der Waals surface area contributed by atoms with Crippen molar-refractivity contribution >= 4 is 57.2 Å². The van der Waals surface area contributed by atoms with Gasteiger partial charge in [0.15, 0.2) is 4.96 Å². The van der Waals surface area contributed by atoms with E-state index in [0.717, 1.165) is 18.8 Å². The number of aromatic nitrogens is 2. The van der Waals surface area contributed by atoms with Gasteiger partial charge < -0.3 is 15.1 Å². The summed E-state index contributed by atoms with van der Waals surface area (Å²) in [5.41, 5.74) is 1.56. The lowest BCUT2D eigenvalue weighted by atomic mass is 10.2. The maximum Gasteiger partial charge on any atom is 0.258 e. The van der Waals surface area contributed by atoms with Gasteiger partial charge in [-0.15, -0.1) is 23.1 Å². The fraction of sp³-hybridized carbons (Fsp3) is 0.333. The number of carbonyl (C=O) groups is 2. The molecule has 0 unspecified atom stereocenters. The van der Waals surface area contributed by atoms with Gasteiger partial charge in [-0.3, -0.25) is 18.8 Å². The number of thiazole rings is 1. The summed E-state index contributed by atoms with van der Waals surface area (Å²) in [6.45, 7) is 2.62. The average Bonchev–Trinajstić information content (AvgIpc) is 3.27. The first-order chi connectivity index (χ1) is 15.5. The molecular weight excluding hydrogens is 470 g/mol. The minimum absolute atomic E-state index is 0.0166. The molecule has 0 aliphatic carbocycles. The Morgan fingerprint density at radius 2 is 2.00 bits per heavy atom. The number of rotatable bonds is 7. The topological polar surface area (TPSA) is 87.0 Å². The van der Waals surface area contributed by atoms with Gasteiger partial charge in [0.2, 0.25) is 11.8 Å². The smallest absolute Gasteiger partial charge is 0.258 e. The predicted molar refractivity (Wildman–Crippen MR) is 129 cm³/mol. The Bertz CT molecular complexity index is 1170. The van der Waals surface area contributed by atoms with Crippen LogP contribution in [0.4, 0.5) is 5.69 Å². The standard InChI is InChI=1S/C21H22ClN5O3S2/c22-15-2-1-3-17(10-15)25-4-6-26(7-5-25)20(30)12-23-18(28)14-31-13-16-11-19(29)27-8-9-32-21(27)24-16/h1-3,8-11H,4-7,12-14H2,(H,23,28). The number of carbonyl (C=O) groups excluding carboxylic acids is 2. The lowest BCUT2D eigenvalue weighted by Gasteiger charge is -2.36. The Hall–Kier alpha value is -2.56. The highest BCUT2D eigenvalue weighted by Gasteiger charge is 2.21. The molecule has 8 nitrogen and oxygen atoms in total. The van der Waals surface area contributed by atoms with E-state index >= 15 is 0 Å². The summed E-state index contributed by atoms with van der Waals surface area (Å²) >= 11 is 8.81. The van der Waals surface area contributed by atoms with E-state index in [4.69, 9.17) is 11.6 Å². The van der Waals surface area contributed by atoms with Crippen LogP contribution in [0.3, 0.4) is 0 Å². The molecule has 1 aliphatic heterocycles. The molecule has 1 saturated heterocycles. The van der Waals surface area contributed by atoms with E-state index in [0.29, 0.717) is 34.5 Å². The summed E-state index contributed by atoms with van der Waals surface area (Å²) in [4.78, 5) is 45.6. The second-order valence-corrected chi connectivity index (χ2v) is 9.55. The van der Waals surface area contributed by atoms with Gasteiger partial charge >= 0.3 is 0 Å². The van der Waals surface area contributed by atoms with Crippen molar-refractivity contribution in [2.75, 3.05) is 43.4 Å². The molecule has 3 aromatic rings. The van der Waals surface area contributed by atoms with Gasteiger partial charge in [-0.25, -0.2) is 4.98 Å². The van der Waals surface area contributed by atoms with E-state index in [1.165, 1.54) is 33.6 Å². The number of anilines is 1. The predicted octanol–water partition coefficient (Wildman–Crippen LogP) is 2.11. The minimum atomic E-state index is -0.213. The number of halogens is 1. The van der Waals surface area contributed by atoms with E-state index in [-0.39, 0.29) is 29.7 Å². The maximum absolute atomic E-state index is 12.5. The Kier molecular flexibility index (Phi) is 7.33. The molecule has 1 aliphatic rings. The molecule has 1 fully saturated rings. The lowest BCUT2D eigenvalue weighted by molar-refractivity contribution is -0.132. The molecule has 1 N–H and O–H groups in total. The normalized spacial score (nSPS) is 14.0. The third-order valence-corrected chi connectivity index (χ3v) is 7.04. The van der Waals surface area contributed by atoms with Gasteiger partial charge in [0.1, 0.15) is 0 Å². The third-order valence-electron chi connectivity index (χ3n) is 5.08. The highest BCUT2D eigenvalue weighted by Crippen LogP contribution is 2.20. The summed E-state index contributed by atoms with van der Waals surface area (Å²) in [6, 6.07) is 9.16. The molecule has 3 heterocycles. The molecule has 0 spiro atoms. The Morgan fingerprint density at radius 3 is 2.78 bits per heavy atom. The molecule has 0 radical (unpaired) electrons. The first-order valence-corrected chi connectivity index (χ1v) is 12.5. The summed E-state index contributed by atoms with van der Waals surface area (Å²) < 4.78 is 1.49. The van der Waals surface area contributed by atoms with Crippen LogP contribution in [0.25, 0.3) is 4.96 Å². The highest BCUT2D eigenvalue weighted by molar-refractivity contribution is 7.99. The van der Waals surface area contributed by atoms with E-state index in [9.17, 15) is 14.4 Å². The number of hydrogen-bond acceptors (Lipinski definition) is 7. The average molecular weight is 492 g/mol. The van der Waals surface area contributed by atoms with Gasteiger partial charge in [0.05, 0.1) is 18.0 Å². The lowest BCUT2D eigenvalue weighted by Crippen LogP contribution is -2.51. The number of piperazine rings is 1. The van der Waals surface area contributed by atoms with Crippen LogP contribution < -0.4 is 15.8 Å². The van der Waals surface area contributed by atoms with Crippen LogP contribution in [0, 0.1) is 0 Å². The number of nitrogens with zero attached hydrogens (tertiary/aromatic N) is 4. The van der Waals surface area contributed by atoms with Gasteiger partial charge in [0, 0.05) is 60.3 Å². The minimum Gasteiger partial charge on any atom is -0.368 e. The zero-order valence-electron chi connectivity index (χ0n) is 17.2. The van der Waals surface area contributed by atoms with Crippen LogP contribution in [0.1, 0.15) is 5.69 Å². The van der Waals surface area contributed by atoms with E-state index < -0.39 is 0 Å². The van der Waals surface area contributed by atoms with Crippen molar-refractivity contribution < 1.29 is 9.59 Å². The van der Waals surface area contributed by atoms with Crippen molar-refractivity contribution in [1.82, 2.24) is 19.6 Å². The number of hydrogen-bond donors (Lipinski definition) is 1. The van der Waals surface area contributed by atoms with Crippen molar-refractivity contribution in [1.29, 1.82) is 0 Å². The molecule has 0 atom stereocenters. The zero-order chi connectivity index (χ0) is 22.5. The maximum atomic E-state index is 12.5. The molecule has 11 heteroatoms. The van der Waals surface area contributed by atoms with Crippen molar-refractivity contribution in [2.24, 2.45) is 0 Å². The number of amides is 2. The van der Waals surface area contributed by atoms with E-state index in [1.807, 2.05) is 29.6 Å². The van der Waals surface area contributed by atoms with Gasteiger partial charge in [-0.05, 0) is 18.2 Å². The van der Waals surface area contributed by atoms with Crippen LogP contribution in [0.15, 0.2) is 46.7 Å². The summed E-state index contributed by atoms with van der Waals surface area (Å²) in [7, 11) is 0. The first-order valence-electron chi connectivity index (χ1n) is 10.1. The highest BCUT2D eigenvalue weighted by atomic mass is 35.5. The van der Waals surface area contributed by atoms with Crippen molar-refractivity contribution in [3.8, 4) is 0 Å². The largest absolute Gasteiger partial charge is 0.368 e. The number of thioether (sulfide) groups is 1. The molecule has 32 heavy (non-hydrogen) atoms. The van der Waals surface area contributed by atoms with Crippen LogP contribution in [0.2, 0.25) is 5.02 Å². The Morgan fingerprint density at radius 1 is 1.19 bits per heavy atom. The molecule has 0 bridgehead atoms. The fourth-order valence-corrected chi connectivity index (χ4v) is 5.10. The van der Waals surface area contributed by atoms with E-state index in [2.05, 4.69) is 15.2 Å². The number of nitrogens with one attached hydrogen (secondary N) is 1. The van der Waals surface area contributed by atoms with Crippen molar-refractivity contribution in [3.63, 3.8) is 0 Å². The SMILES string of the molecule is O=C(CSCc1cc(=O)n2ccsc2n1)NCC(=O)N1CCN(c2cccc(Cl)c2)CC1. The van der Waals surface area contributed by atoms with Crippen LogP contribution in [-0.2, 0) is 15.3 Å². The van der Waals surface area contributed by atoms with Gasteiger partial charge in [0.25, 0.3) is 5.56 Å². The third kappa shape index (κ3) is 5.62. The van der Waals surface area contributed by atoms with Crippen molar-refractivity contribution in [3.05, 3.63) is 63.0 Å². The Balaban J connectivity index is 1.17. The Labute approximate surface area is 198 Å². The molecule has 1 aromatic carbocycles. The second kappa shape index (κ2) is 10.4. The molecule has 2 amide bonds. The molecule has 0 saturated carbocycles.